The van der Waals surface area contributed by atoms with E-state index >= 15 is 0 Å². The van der Waals surface area contributed by atoms with Gasteiger partial charge in [-0.15, -0.1) is 11.3 Å². The third-order valence-electron chi connectivity index (χ3n) is 2.95. The number of hydrogen-bond acceptors (Lipinski definition) is 4. The van der Waals surface area contributed by atoms with E-state index in [1.54, 1.807) is 17.4 Å². The number of nitrogens with zero attached hydrogens (tertiary/aromatic N) is 1. The zero-order valence-electron chi connectivity index (χ0n) is 12.2. The maximum absolute atomic E-state index is 13.8. The quantitative estimate of drug-likeness (QED) is 0.883. The average molecular weight is 294 g/mol. The van der Waals surface area contributed by atoms with Crippen molar-refractivity contribution in [3.8, 4) is 5.75 Å². The van der Waals surface area contributed by atoms with E-state index in [-0.39, 0.29) is 17.6 Å². The number of aryl methyl sites for hydroxylation is 2. The van der Waals surface area contributed by atoms with Crippen LogP contribution in [-0.4, -0.2) is 11.6 Å². The molecule has 1 unspecified atom stereocenters. The number of ether oxygens (including phenoxy) is 1. The van der Waals surface area contributed by atoms with Crippen LogP contribution in [0.15, 0.2) is 18.2 Å². The van der Waals surface area contributed by atoms with Crippen molar-refractivity contribution in [2.45, 2.75) is 33.7 Å². The highest BCUT2D eigenvalue weighted by atomic mass is 32.1. The summed E-state index contributed by atoms with van der Waals surface area (Å²) in [5, 5.41) is 4.34. The Labute approximate surface area is 122 Å². The van der Waals surface area contributed by atoms with E-state index < -0.39 is 0 Å². The van der Waals surface area contributed by atoms with E-state index in [1.165, 1.54) is 10.9 Å². The molecule has 0 spiro atoms. The van der Waals surface area contributed by atoms with Crippen molar-refractivity contribution in [1.82, 2.24) is 4.98 Å². The van der Waals surface area contributed by atoms with Crippen LogP contribution in [-0.2, 0) is 0 Å². The van der Waals surface area contributed by atoms with Crippen LogP contribution < -0.4 is 10.1 Å². The highest BCUT2D eigenvalue weighted by Crippen LogP contribution is 2.29. The summed E-state index contributed by atoms with van der Waals surface area (Å²) in [6.07, 6.45) is 0. The van der Waals surface area contributed by atoms with Crippen molar-refractivity contribution in [2.24, 2.45) is 0 Å². The summed E-state index contributed by atoms with van der Waals surface area (Å²) in [6.45, 7) is 8.33. The van der Waals surface area contributed by atoms with Crippen molar-refractivity contribution in [3.05, 3.63) is 39.6 Å². The molecule has 0 amide bonds. The molecule has 5 heteroatoms. The molecule has 108 valence electrons. The second kappa shape index (κ2) is 6.22. The van der Waals surface area contributed by atoms with Gasteiger partial charge in [0.05, 0.1) is 23.4 Å². The van der Waals surface area contributed by atoms with Gasteiger partial charge in [0.2, 0.25) is 0 Å². The van der Waals surface area contributed by atoms with E-state index in [1.807, 2.05) is 33.8 Å². The second-order valence-electron chi connectivity index (χ2n) is 4.63. The van der Waals surface area contributed by atoms with Crippen LogP contribution in [0.25, 0.3) is 0 Å². The Morgan fingerprint density at radius 2 is 2.15 bits per heavy atom. The largest absolute Gasteiger partial charge is 0.491 e. The Kier molecular flexibility index (Phi) is 4.60. The molecule has 0 aliphatic carbocycles. The molecule has 0 saturated carbocycles. The number of aromatic nitrogens is 1. The van der Waals surface area contributed by atoms with Crippen molar-refractivity contribution >= 4 is 17.0 Å². The van der Waals surface area contributed by atoms with Gasteiger partial charge in [-0.1, -0.05) is 0 Å². The molecule has 1 N–H and O–H groups in total. The fourth-order valence-corrected chi connectivity index (χ4v) is 3.06. The molecule has 0 radical (unpaired) electrons. The molecule has 3 nitrogen and oxygen atoms in total. The van der Waals surface area contributed by atoms with Gasteiger partial charge in [-0.05, 0) is 39.8 Å². The van der Waals surface area contributed by atoms with Gasteiger partial charge in [-0.2, -0.15) is 0 Å². The first-order valence-corrected chi connectivity index (χ1v) is 7.45. The first-order valence-electron chi connectivity index (χ1n) is 6.64. The van der Waals surface area contributed by atoms with Gasteiger partial charge in [0.1, 0.15) is 0 Å². The molecule has 0 aliphatic heterocycles. The van der Waals surface area contributed by atoms with Crippen LogP contribution in [0, 0.1) is 19.7 Å². The van der Waals surface area contributed by atoms with Crippen LogP contribution in [0.1, 0.15) is 35.5 Å². The average Bonchev–Trinajstić information content (AvgIpc) is 2.72. The SMILES string of the molecule is CCOc1ccc(NC(C)c2sc(C)nc2C)cc1F. The van der Waals surface area contributed by atoms with E-state index in [9.17, 15) is 4.39 Å². The highest BCUT2D eigenvalue weighted by Gasteiger charge is 2.13. The van der Waals surface area contributed by atoms with Gasteiger partial charge in [-0.3, -0.25) is 0 Å². The molecule has 0 bridgehead atoms. The van der Waals surface area contributed by atoms with Crippen molar-refractivity contribution in [1.29, 1.82) is 0 Å². The Morgan fingerprint density at radius 1 is 1.40 bits per heavy atom. The summed E-state index contributed by atoms with van der Waals surface area (Å²) in [5.74, 6) is -0.0585. The molecule has 1 heterocycles. The monoisotopic (exact) mass is 294 g/mol. The fraction of sp³-hybridized carbons (Fsp3) is 0.400. The summed E-state index contributed by atoms with van der Waals surface area (Å²) < 4.78 is 19.0. The van der Waals surface area contributed by atoms with Crippen LogP contribution >= 0.6 is 11.3 Å². The highest BCUT2D eigenvalue weighted by molar-refractivity contribution is 7.11. The number of rotatable bonds is 5. The van der Waals surface area contributed by atoms with E-state index in [4.69, 9.17) is 4.74 Å². The lowest BCUT2D eigenvalue weighted by atomic mass is 10.2. The minimum absolute atomic E-state index is 0.0959. The van der Waals surface area contributed by atoms with E-state index in [2.05, 4.69) is 10.3 Å². The van der Waals surface area contributed by atoms with Crippen LogP contribution in [0.5, 0.6) is 5.75 Å². The lowest BCUT2D eigenvalue weighted by Crippen LogP contribution is -2.06. The molecule has 0 aliphatic rings. The standard InChI is InChI=1S/C15H19FN2OS/c1-5-19-14-7-6-12(8-13(14)16)18-10(3)15-9(2)17-11(4)20-15/h6-8,10,18H,5H2,1-4H3. The maximum Gasteiger partial charge on any atom is 0.167 e. The van der Waals surface area contributed by atoms with Crippen molar-refractivity contribution in [2.75, 3.05) is 11.9 Å². The van der Waals surface area contributed by atoms with Crippen molar-refractivity contribution < 1.29 is 9.13 Å². The first-order chi connectivity index (χ1) is 9.51. The summed E-state index contributed by atoms with van der Waals surface area (Å²) in [6, 6.07) is 5.04. The number of nitrogens with one attached hydrogen (secondary N) is 1. The molecular weight excluding hydrogens is 275 g/mol. The van der Waals surface area contributed by atoms with E-state index in [0.717, 1.165) is 16.4 Å². The van der Waals surface area contributed by atoms with Gasteiger partial charge >= 0.3 is 0 Å². The Bertz CT molecular complexity index is 598. The number of halogens is 1. The summed E-state index contributed by atoms with van der Waals surface area (Å²) in [5.41, 5.74) is 1.77. The van der Waals surface area contributed by atoms with E-state index in [0.29, 0.717) is 6.61 Å². The number of hydrogen-bond donors (Lipinski definition) is 1. The Balaban J connectivity index is 2.13. The first kappa shape index (κ1) is 14.8. The topological polar surface area (TPSA) is 34.1 Å². The Hall–Kier alpha value is -1.62. The number of anilines is 1. The summed E-state index contributed by atoms with van der Waals surface area (Å²) >= 11 is 1.67. The van der Waals surface area contributed by atoms with Gasteiger partial charge < -0.3 is 10.1 Å². The normalized spacial score (nSPS) is 12.2. The zero-order valence-corrected chi connectivity index (χ0v) is 13.0. The third kappa shape index (κ3) is 3.28. The molecular formula is C15H19FN2OS. The van der Waals surface area contributed by atoms with Gasteiger partial charge in [0, 0.05) is 16.6 Å². The molecule has 1 aromatic heterocycles. The molecule has 0 fully saturated rings. The molecule has 1 atom stereocenters. The predicted molar refractivity (Wildman–Crippen MR) is 81.2 cm³/mol. The predicted octanol–water partition coefficient (Wildman–Crippen LogP) is 4.47. The number of benzene rings is 1. The Morgan fingerprint density at radius 3 is 2.70 bits per heavy atom. The second-order valence-corrected chi connectivity index (χ2v) is 5.86. The van der Waals surface area contributed by atoms with Gasteiger partial charge in [0.25, 0.3) is 0 Å². The third-order valence-corrected chi connectivity index (χ3v) is 4.20. The maximum atomic E-state index is 13.8. The molecule has 1 aromatic carbocycles. The molecule has 2 rings (SSSR count). The lowest BCUT2D eigenvalue weighted by molar-refractivity contribution is 0.321. The van der Waals surface area contributed by atoms with Crippen molar-refractivity contribution in [3.63, 3.8) is 0 Å². The molecule has 0 saturated heterocycles. The minimum Gasteiger partial charge on any atom is -0.491 e. The fourth-order valence-electron chi connectivity index (χ4n) is 2.13. The lowest BCUT2D eigenvalue weighted by Gasteiger charge is -2.15. The smallest absolute Gasteiger partial charge is 0.167 e. The summed E-state index contributed by atoms with van der Waals surface area (Å²) in [7, 11) is 0. The molecule has 20 heavy (non-hydrogen) atoms. The van der Waals surface area contributed by atoms with Gasteiger partial charge in [0.15, 0.2) is 11.6 Å². The summed E-state index contributed by atoms with van der Waals surface area (Å²) in [4.78, 5) is 5.59. The number of thiazole rings is 1. The van der Waals surface area contributed by atoms with Crippen LogP contribution in [0.4, 0.5) is 10.1 Å². The van der Waals surface area contributed by atoms with Gasteiger partial charge in [-0.25, -0.2) is 9.37 Å². The molecule has 2 aromatic rings. The van der Waals surface area contributed by atoms with Crippen LogP contribution in [0.2, 0.25) is 0 Å². The van der Waals surface area contributed by atoms with Crippen LogP contribution in [0.3, 0.4) is 0 Å². The minimum atomic E-state index is -0.346. The zero-order chi connectivity index (χ0) is 14.7.